The number of nitrogens with zero attached hydrogens (tertiary/aromatic N) is 1. The van der Waals surface area contributed by atoms with Gasteiger partial charge in [0.2, 0.25) is 0 Å². The van der Waals surface area contributed by atoms with Gasteiger partial charge >= 0.3 is 0 Å². The molecule has 6 heteroatoms. The Morgan fingerprint density at radius 2 is 1.81 bits per heavy atom. The number of amides is 1. The lowest BCUT2D eigenvalue weighted by Crippen LogP contribution is -2.28. The van der Waals surface area contributed by atoms with E-state index in [2.05, 4.69) is 5.32 Å². The lowest BCUT2D eigenvalue weighted by molar-refractivity contribution is -0.307. The standard InChI is InChI=1S/C20H18N2O4/c1-2-14-3-7-17(8-4-14)22-20(25)16(12-21)11-15-5-9-18(10-6-15)26-13-19(23)24/h3-11H,2,13H2,1H3,(H,22,25)(H,23,24)/p-1/b16-11+. The maximum atomic E-state index is 12.2. The Morgan fingerprint density at radius 3 is 2.35 bits per heavy atom. The molecule has 1 amide bonds. The summed E-state index contributed by atoms with van der Waals surface area (Å²) >= 11 is 0. The number of carboxylic acid groups (broad SMARTS) is 1. The highest BCUT2D eigenvalue weighted by Crippen LogP contribution is 2.16. The second-order valence-corrected chi connectivity index (χ2v) is 5.40. The second-order valence-electron chi connectivity index (χ2n) is 5.40. The van der Waals surface area contributed by atoms with Crippen LogP contribution in [-0.4, -0.2) is 18.5 Å². The average molecular weight is 349 g/mol. The lowest BCUT2D eigenvalue weighted by Gasteiger charge is -2.07. The first-order valence-corrected chi connectivity index (χ1v) is 7.96. The van der Waals surface area contributed by atoms with Crippen LogP contribution in [0, 0.1) is 11.3 Å². The Balaban J connectivity index is 2.07. The molecule has 2 aromatic rings. The molecule has 0 saturated carbocycles. The van der Waals surface area contributed by atoms with Crippen LogP contribution in [0.4, 0.5) is 5.69 Å². The minimum atomic E-state index is -1.32. The van der Waals surface area contributed by atoms with Crippen LogP contribution in [0.5, 0.6) is 5.75 Å². The van der Waals surface area contributed by atoms with Crippen molar-refractivity contribution in [1.29, 1.82) is 5.26 Å². The molecule has 2 rings (SSSR count). The normalized spacial score (nSPS) is 10.7. The van der Waals surface area contributed by atoms with Gasteiger partial charge in [0.25, 0.3) is 5.91 Å². The molecule has 0 unspecified atom stereocenters. The third-order valence-corrected chi connectivity index (χ3v) is 3.53. The van der Waals surface area contributed by atoms with Crippen molar-refractivity contribution in [1.82, 2.24) is 0 Å². The zero-order chi connectivity index (χ0) is 18.9. The molecule has 0 radical (unpaired) electrons. The van der Waals surface area contributed by atoms with Crippen LogP contribution in [-0.2, 0) is 16.0 Å². The van der Waals surface area contributed by atoms with E-state index in [9.17, 15) is 20.0 Å². The fourth-order valence-corrected chi connectivity index (χ4v) is 2.14. The summed E-state index contributed by atoms with van der Waals surface area (Å²) in [5.74, 6) is -1.47. The maximum Gasteiger partial charge on any atom is 0.266 e. The third-order valence-electron chi connectivity index (χ3n) is 3.53. The first-order chi connectivity index (χ1) is 12.5. The zero-order valence-electron chi connectivity index (χ0n) is 14.2. The average Bonchev–Trinajstić information content (AvgIpc) is 2.65. The number of carboxylic acids is 1. The fourth-order valence-electron chi connectivity index (χ4n) is 2.14. The Kier molecular flexibility index (Phi) is 6.52. The van der Waals surface area contributed by atoms with Gasteiger partial charge in [0.1, 0.15) is 24.0 Å². The van der Waals surface area contributed by atoms with Gasteiger partial charge in [-0.3, -0.25) is 4.79 Å². The molecule has 0 aliphatic heterocycles. The molecule has 0 aromatic heterocycles. The van der Waals surface area contributed by atoms with Crippen LogP contribution in [0.3, 0.4) is 0 Å². The second kappa shape index (κ2) is 9.04. The van der Waals surface area contributed by atoms with Crippen molar-refractivity contribution in [3.05, 3.63) is 65.2 Å². The highest BCUT2D eigenvalue weighted by Gasteiger charge is 2.09. The molecule has 26 heavy (non-hydrogen) atoms. The molecule has 132 valence electrons. The van der Waals surface area contributed by atoms with Gasteiger partial charge in [0.05, 0.1) is 5.97 Å². The van der Waals surface area contributed by atoms with Gasteiger partial charge in [-0.05, 0) is 47.9 Å². The van der Waals surface area contributed by atoms with Crippen LogP contribution in [0.15, 0.2) is 54.1 Å². The van der Waals surface area contributed by atoms with E-state index in [1.165, 1.54) is 6.08 Å². The van der Waals surface area contributed by atoms with Crippen LogP contribution in [0.2, 0.25) is 0 Å². The SMILES string of the molecule is CCc1ccc(NC(=O)/C(C#N)=C/c2ccc(OCC(=O)[O-])cc2)cc1. The topological polar surface area (TPSA) is 102 Å². The van der Waals surface area contributed by atoms with Crippen molar-refractivity contribution < 1.29 is 19.4 Å². The molecule has 1 N–H and O–H groups in total. The maximum absolute atomic E-state index is 12.2. The predicted octanol–water partition coefficient (Wildman–Crippen LogP) is 1.92. The number of benzene rings is 2. The number of aliphatic carboxylic acids is 1. The third kappa shape index (κ3) is 5.49. The Hall–Kier alpha value is -3.59. The van der Waals surface area contributed by atoms with Crippen molar-refractivity contribution in [2.24, 2.45) is 0 Å². The number of anilines is 1. The van der Waals surface area contributed by atoms with E-state index in [1.54, 1.807) is 36.4 Å². The van der Waals surface area contributed by atoms with E-state index in [-0.39, 0.29) is 5.57 Å². The van der Waals surface area contributed by atoms with Crippen LogP contribution in [0.25, 0.3) is 6.08 Å². The van der Waals surface area contributed by atoms with Gasteiger partial charge in [-0.15, -0.1) is 0 Å². The molecule has 0 spiro atoms. The summed E-state index contributed by atoms with van der Waals surface area (Å²) in [4.78, 5) is 22.6. The largest absolute Gasteiger partial charge is 0.546 e. The van der Waals surface area contributed by atoms with Crippen molar-refractivity contribution in [3.63, 3.8) is 0 Å². The molecule has 0 heterocycles. The van der Waals surface area contributed by atoms with Crippen LogP contribution in [0.1, 0.15) is 18.1 Å². The van der Waals surface area contributed by atoms with Crippen molar-refractivity contribution in [2.45, 2.75) is 13.3 Å². The molecule has 2 aromatic carbocycles. The minimum Gasteiger partial charge on any atom is -0.546 e. The Labute approximate surface area is 151 Å². The molecule has 0 bridgehead atoms. The molecular weight excluding hydrogens is 332 g/mol. The number of aryl methyl sites for hydroxylation is 1. The van der Waals surface area contributed by atoms with Gasteiger partial charge in [0.15, 0.2) is 0 Å². The number of rotatable bonds is 7. The molecule has 6 nitrogen and oxygen atoms in total. The molecule has 0 saturated heterocycles. The minimum absolute atomic E-state index is 0.0482. The first kappa shape index (κ1) is 18.7. The molecule has 0 atom stereocenters. The summed E-state index contributed by atoms with van der Waals surface area (Å²) in [7, 11) is 0. The summed E-state index contributed by atoms with van der Waals surface area (Å²) in [6, 6.07) is 15.6. The van der Waals surface area contributed by atoms with Crippen molar-refractivity contribution in [3.8, 4) is 11.8 Å². The quantitative estimate of drug-likeness (QED) is 0.608. The first-order valence-electron chi connectivity index (χ1n) is 7.96. The zero-order valence-corrected chi connectivity index (χ0v) is 14.2. The highest BCUT2D eigenvalue weighted by atomic mass is 16.5. The summed E-state index contributed by atoms with van der Waals surface area (Å²) < 4.78 is 4.97. The van der Waals surface area contributed by atoms with Gasteiger partial charge < -0.3 is 20.0 Å². The van der Waals surface area contributed by atoms with Crippen molar-refractivity contribution in [2.75, 3.05) is 11.9 Å². The van der Waals surface area contributed by atoms with Gasteiger partial charge in [0, 0.05) is 5.69 Å². The molecule has 0 aliphatic carbocycles. The van der Waals surface area contributed by atoms with E-state index in [0.717, 1.165) is 12.0 Å². The van der Waals surface area contributed by atoms with E-state index in [4.69, 9.17) is 4.74 Å². The number of hydrogen-bond donors (Lipinski definition) is 1. The fraction of sp³-hybridized carbons (Fsp3) is 0.150. The number of nitriles is 1. The van der Waals surface area contributed by atoms with Crippen LogP contribution >= 0.6 is 0 Å². The van der Waals surface area contributed by atoms with Gasteiger partial charge in [-0.2, -0.15) is 5.26 Å². The van der Waals surface area contributed by atoms with Gasteiger partial charge in [-0.25, -0.2) is 0 Å². The van der Waals surface area contributed by atoms with Crippen LogP contribution < -0.4 is 15.2 Å². The monoisotopic (exact) mass is 349 g/mol. The molecular formula is C20H17N2O4-. The Bertz CT molecular complexity index is 847. The van der Waals surface area contributed by atoms with E-state index in [0.29, 0.717) is 17.0 Å². The Morgan fingerprint density at radius 1 is 1.15 bits per heavy atom. The predicted molar refractivity (Wildman–Crippen MR) is 95.0 cm³/mol. The number of nitrogens with one attached hydrogen (secondary N) is 1. The summed E-state index contributed by atoms with van der Waals surface area (Å²) in [5, 5.41) is 22.3. The lowest BCUT2D eigenvalue weighted by atomic mass is 10.1. The highest BCUT2D eigenvalue weighted by molar-refractivity contribution is 6.09. The summed E-state index contributed by atoms with van der Waals surface area (Å²) in [5.41, 5.74) is 2.33. The van der Waals surface area contributed by atoms with E-state index >= 15 is 0 Å². The summed E-state index contributed by atoms with van der Waals surface area (Å²) in [6.45, 7) is 1.50. The number of ether oxygens (including phenoxy) is 1. The van der Waals surface area contributed by atoms with E-state index < -0.39 is 18.5 Å². The van der Waals surface area contributed by atoms with E-state index in [1.807, 2.05) is 25.1 Å². The number of carbonyl (C=O) groups excluding carboxylic acids is 2. The van der Waals surface area contributed by atoms with Crippen molar-refractivity contribution >= 4 is 23.6 Å². The smallest absolute Gasteiger partial charge is 0.266 e. The number of hydrogen-bond acceptors (Lipinski definition) is 5. The van der Waals surface area contributed by atoms with Gasteiger partial charge in [-0.1, -0.05) is 31.2 Å². The molecule has 0 aliphatic rings. The molecule has 0 fully saturated rings. The summed E-state index contributed by atoms with van der Waals surface area (Å²) in [6.07, 6.45) is 2.35. The number of carbonyl (C=O) groups is 2.